The average molecular weight is 296 g/mol. The maximum atomic E-state index is 10.3. The summed E-state index contributed by atoms with van der Waals surface area (Å²) in [6.07, 6.45) is 2.73. The molecule has 0 aromatic heterocycles. The van der Waals surface area contributed by atoms with E-state index < -0.39 is 0 Å². The van der Waals surface area contributed by atoms with Gasteiger partial charge in [0.15, 0.2) is 0 Å². The molecule has 1 rings (SSSR count). The Morgan fingerprint density at radius 3 is 2.80 bits per heavy atom. The second-order valence-electron chi connectivity index (χ2n) is 3.31. The molecule has 1 aromatic rings. The number of isocyanates is 2. The minimum atomic E-state index is 0.172. The van der Waals surface area contributed by atoms with E-state index in [0.717, 1.165) is 5.56 Å². The van der Waals surface area contributed by atoms with Gasteiger partial charge in [-0.05, 0) is 29.7 Å². The molecule has 0 atom stereocenters. The second kappa shape index (κ2) is 9.77. The SMILES string of the molecule is COc1ccc(CSOCCON=C=O)cc1N=C=O. The highest BCUT2D eigenvalue weighted by Crippen LogP contribution is 2.29. The smallest absolute Gasteiger partial charge is 0.276 e. The van der Waals surface area contributed by atoms with E-state index in [1.165, 1.54) is 31.3 Å². The lowest BCUT2D eigenvalue weighted by molar-refractivity contribution is 0.114. The third kappa shape index (κ3) is 5.69. The highest BCUT2D eigenvalue weighted by atomic mass is 32.2. The molecule has 0 unspecified atom stereocenters. The summed E-state index contributed by atoms with van der Waals surface area (Å²) in [6.45, 7) is 0.455. The molecule has 0 radical (unpaired) electrons. The maximum Gasteiger partial charge on any atom is 0.276 e. The molecule has 20 heavy (non-hydrogen) atoms. The van der Waals surface area contributed by atoms with E-state index >= 15 is 0 Å². The Kier molecular flexibility index (Phi) is 7.79. The lowest BCUT2D eigenvalue weighted by Crippen LogP contribution is -1.96. The molecule has 8 heteroatoms. The van der Waals surface area contributed by atoms with Crippen molar-refractivity contribution in [3.63, 3.8) is 0 Å². The number of methoxy groups -OCH3 is 1. The van der Waals surface area contributed by atoms with Crippen LogP contribution in [-0.2, 0) is 24.4 Å². The van der Waals surface area contributed by atoms with Crippen LogP contribution in [0.3, 0.4) is 0 Å². The molecule has 0 fully saturated rings. The van der Waals surface area contributed by atoms with Crippen LogP contribution in [0.4, 0.5) is 5.69 Å². The van der Waals surface area contributed by atoms with Crippen molar-refractivity contribution in [3.05, 3.63) is 23.8 Å². The monoisotopic (exact) mass is 296 g/mol. The largest absolute Gasteiger partial charge is 0.494 e. The summed E-state index contributed by atoms with van der Waals surface area (Å²) in [6, 6.07) is 5.27. The number of aliphatic imine (C=N–C) groups is 1. The fourth-order valence-corrected chi connectivity index (χ4v) is 1.86. The quantitative estimate of drug-likeness (QED) is 0.228. The van der Waals surface area contributed by atoms with Crippen LogP contribution >= 0.6 is 12.0 Å². The summed E-state index contributed by atoms with van der Waals surface area (Å²) >= 11 is 1.20. The number of carbonyl (C=O) groups excluding carboxylic acids is 2. The lowest BCUT2D eigenvalue weighted by Gasteiger charge is -2.06. The van der Waals surface area contributed by atoms with Crippen LogP contribution in [0.15, 0.2) is 28.3 Å². The maximum absolute atomic E-state index is 10.3. The van der Waals surface area contributed by atoms with Gasteiger partial charge < -0.3 is 13.8 Å². The molecule has 0 spiro atoms. The van der Waals surface area contributed by atoms with Crippen LogP contribution < -0.4 is 4.74 Å². The van der Waals surface area contributed by atoms with E-state index in [9.17, 15) is 9.59 Å². The van der Waals surface area contributed by atoms with Gasteiger partial charge in [0, 0.05) is 10.9 Å². The Labute approximate surface area is 119 Å². The summed E-state index contributed by atoms with van der Waals surface area (Å²) in [5.74, 6) is 1.06. The zero-order chi connectivity index (χ0) is 14.6. The minimum Gasteiger partial charge on any atom is -0.494 e. The van der Waals surface area contributed by atoms with Crippen LogP contribution in [0.25, 0.3) is 0 Å². The first-order valence-electron chi connectivity index (χ1n) is 5.50. The number of nitrogens with zero attached hydrogens (tertiary/aromatic N) is 2. The van der Waals surface area contributed by atoms with E-state index in [0.29, 0.717) is 17.2 Å². The van der Waals surface area contributed by atoms with Crippen LogP contribution in [0, 0.1) is 0 Å². The Morgan fingerprint density at radius 2 is 2.10 bits per heavy atom. The predicted octanol–water partition coefficient (Wildman–Crippen LogP) is 2.09. The average Bonchev–Trinajstić information content (AvgIpc) is 2.47. The van der Waals surface area contributed by atoms with E-state index in [1.54, 1.807) is 12.1 Å². The van der Waals surface area contributed by atoms with Gasteiger partial charge in [0.25, 0.3) is 6.08 Å². The van der Waals surface area contributed by atoms with E-state index in [2.05, 4.69) is 15.0 Å². The molecule has 0 aliphatic heterocycles. The molecule has 0 aliphatic rings. The van der Waals surface area contributed by atoms with Gasteiger partial charge in [-0.15, -0.1) is 0 Å². The molecule has 0 saturated carbocycles. The topological polar surface area (TPSA) is 86.5 Å². The Morgan fingerprint density at radius 1 is 1.25 bits per heavy atom. The first-order chi connectivity index (χ1) is 9.81. The number of ether oxygens (including phenoxy) is 1. The Bertz CT molecular complexity index is 525. The van der Waals surface area contributed by atoms with E-state index in [1.807, 2.05) is 6.07 Å². The van der Waals surface area contributed by atoms with E-state index in [4.69, 9.17) is 8.92 Å². The standard InChI is InChI=1S/C12H12N2O5S/c1-17-12-3-2-10(6-11(12)13-8-15)7-20-19-5-4-18-14-9-16/h2-3,6H,4-5,7H2,1H3. The first-order valence-corrected chi connectivity index (χ1v) is 6.41. The van der Waals surface area contributed by atoms with Gasteiger partial charge >= 0.3 is 0 Å². The van der Waals surface area contributed by atoms with Gasteiger partial charge in [0.1, 0.15) is 18.0 Å². The summed E-state index contributed by atoms with van der Waals surface area (Å²) < 4.78 is 10.3. The molecule has 106 valence electrons. The number of rotatable bonds is 9. The second-order valence-corrected chi connectivity index (χ2v) is 4.07. The van der Waals surface area contributed by atoms with Crippen molar-refractivity contribution in [2.24, 2.45) is 10.1 Å². The van der Waals surface area contributed by atoms with Crippen LogP contribution in [-0.4, -0.2) is 32.5 Å². The summed E-state index contributed by atoms with van der Waals surface area (Å²) in [5, 5.41) is 2.92. The fraction of sp³-hybridized carbons (Fsp3) is 0.333. The molecule has 0 heterocycles. The third-order valence-electron chi connectivity index (χ3n) is 2.08. The van der Waals surface area contributed by atoms with Gasteiger partial charge in [-0.3, -0.25) is 0 Å². The molecule has 1 aromatic carbocycles. The van der Waals surface area contributed by atoms with Crippen molar-refractivity contribution in [1.29, 1.82) is 0 Å². The number of hydrogen-bond acceptors (Lipinski definition) is 8. The molecular weight excluding hydrogens is 284 g/mol. The van der Waals surface area contributed by atoms with Crippen molar-refractivity contribution >= 4 is 29.9 Å². The van der Waals surface area contributed by atoms with Crippen molar-refractivity contribution in [2.75, 3.05) is 20.3 Å². The Balaban J connectivity index is 2.42. The van der Waals surface area contributed by atoms with Crippen LogP contribution in [0.2, 0.25) is 0 Å². The van der Waals surface area contributed by atoms with Crippen molar-refractivity contribution in [3.8, 4) is 5.75 Å². The van der Waals surface area contributed by atoms with Gasteiger partial charge in [0.2, 0.25) is 6.08 Å². The number of hydrogen-bond donors (Lipinski definition) is 0. The van der Waals surface area contributed by atoms with Crippen molar-refractivity contribution < 1.29 is 23.3 Å². The summed E-state index contributed by atoms with van der Waals surface area (Å²) in [7, 11) is 1.50. The molecule has 0 aliphatic carbocycles. The van der Waals surface area contributed by atoms with Crippen LogP contribution in [0.5, 0.6) is 5.75 Å². The predicted molar refractivity (Wildman–Crippen MR) is 72.1 cm³/mol. The molecule has 0 saturated heterocycles. The summed E-state index contributed by atoms with van der Waals surface area (Å²) in [5.41, 5.74) is 1.33. The minimum absolute atomic E-state index is 0.172. The summed E-state index contributed by atoms with van der Waals surface area (Å²) in [4.78, 5) is 28.1. The third-order valence-corrected chi connectivity index (χ3v) is 2.86. The van der Waals surface area contributed by atoms with Gasteiger partial charge in [-0.1, -0.05) is 6.07 Å². The first kappa shape index (κ1) is 15.9. The van der Waals surface area contributed by atoms with E-state index in [-0.39, 0.29) is 13.2 Å². The lowest BCUT2D eigenvalue weighted by atomic mass is 10.2. The highest BCUT2D eigenvalue weighted by molar-refractivity contribution is 7.93. The highest BCUT2D eigenvalue weighted by Gasteiger charge is 2.04. The molecule has 7 nitrogen and oxygen atoms in total. The molecule has 0 N–H and O–H groups in total. The zero-order valence-corrected chi connectivity index (χ0v) is 11.5. The normalized spacial score (nSPS) is 9.25. The Hall–Kier alpha value is -2.11. The molecule has 0 amide bonds. The van der Waals surface area contributed by atoms with Gasteiger partial charge in [-0.2, -0.15) is 4.99 Å². The fourth-order valence-electron chi connectivity index (χ4n) is 1.27. The van der Waals surface area contributed by atoms with Gasteiger partial charge in [-0.25, -0.2) is 9.59 Å². The molecule has 0 bridgehead atoms. The van der Waals surface area contributed by atoms with Crippen molar-refractivity contribution in [1.82, 2.24) is 0 Å². The molecular formula is C12H12N2O5S. The zero-order valence-electron chi connectivity index (χ0n) is 10.7. The van der Waals surface area contributed by atoms with Crippen molar-refractivity contribution in [2.45, 2.75) is 5.75 Å². The van der Waals surface area contributed by atoms with Gasteiger partial charge in [0.05, 0.1) is 13.7 Å². The number of benzene rings is 1. The van der Waals surface area contributed by atoms with Crippen LogP contribution in [0.1, 0.15) is 5.56 Å².